The molecule has 1 aliphatic heterocycles. The number of amides is 1. The number of primary amides is 1. The van der Waals surface area contributed by atoms with E-state index < -0.39 is 17.2 Å². The molecular formula is C17H27N6O3+. The van der Waals surface area contributed by atoms with E-state index in [1.807, 2.05) is 0 Å². The Morgan fingerprint density at radius 2 is 1.81 bits per heavy atom. The van der Waals surface area contributed by atoms with Crippen molar-refractivity contribution in [2.75, 3.05) is 13.1 Å². The zero-order valence-corrected chi connectivity index (χ0v) is 15.8. The summed E-state index contributed by atoms with van der Waals surface area (Å²) in [7, 11) is 3.00. The summed E-state index contributed by atoms with van der Waals surface area (Å²) < 4.78 is 3.95. The van der Waals surface area contributed by atoms with Crippen LogP contribution in [0.5, 0.6) is 0 Å². The Morgan fingerprint density at radius 3 is 2.38 bits per heavy atom. The lowest BCUT2D eigenvalue weighted by atomic mass is 9.92. The Kier molecular flexibility index (Phi) is 4.74. The van der Waals surface area contributed by atoms with Crippen LogP contribution in [0.15, 0.2) is 9.59 Å². The topological polar surface area (TPSA) is 109 Å². The maximum absolute atomic E-state index is 12.6. The van der Waals surface area contributed by atoms with Crippen LogP contribution in [0.1, 0.15) is 26.1 Å². The summed E-state index contributed by atoms with van der Waals surface area (Å²) in [4.78, 5) is 42.4. The van der Waals surface area contributed by atoms with Gasteiger partial charge < -0.3 is 15.2 Å². The Bertz CT molecular complexity index is 960. The molecule has 3 heterocycles. The third-order valence-electron chi connectivity index (χ3n) is 5.23. The van der Waals surface area contributed by atoms with Crippen molar-refractivity contribution in [3.63, 3.8) is 0 Å². The molecule has 1 unspecified atom stereocenters. The highest BCUT2D eigenvalue weighted by Gasteiger charge is 2.28. The first-order chi connectivity index (χ1) is 12.2. The lowest BCUT2D eigenvalue weighted by Crippen LogP contribution is -3.13. The molecule has 2 aromatic rings. The van der Waals surface area contributed by atoms with Gasteiger partial charge in [0.25, 0.3) is 5.56 Å². The fraction of sp³-hybridized carbons (Fsp3) is 0.647. The van der Waals surface area contributed by atoms with Crippen LogP contribution >= 0.6 is 0 Å². The highest BCUT2D eigenvalue weighted by atomic mass is 16.2. The van der Waals surface area contributed by atoms with Crippen LogP contribution in [0.25, 0.3) is 11.2 Å². The highest BCUT2D eigenvalue weighted by molar-refractivity contribution is 5.78. The van der Waals surface area contributed by atoms with Crippen molar-refractivity contribution in [1.82, 2.24) is 18.7 Å². The number of nitrogens with one attached hydrogen (secondary N) is 1. The largest absolute Gasteiger partial charge is 0.368 e. The van der Waals surface area contributed by atoms with Crippen molar-refractivity contribution in [3.05, 3.63) is 26.7 Å². The minimum atomic E-state index is -0.545. The molecule has 0 aromatic carbocycles. The first kappa shape index (κ1) is 18.4. The first-order valence-electron chi connectivity index (χ1n) is 8.96. The van der Waals surface area contributed by atoms with Gasteiger partial charge in [-0.1, -0.05) is 13.8 Å². The summed E-state index contributed by atoms with van der Waals surface area (Å²) in [5.41, 5.74) is 5.05. The van der Waals surface area contributed by atoms with E-state index in [0.29, 0.717) is 29.9 Å². The van der Waals surface area contributed by atoms with E-state index in [1.165, 1.54) is 22.9 Å². The monoisotopic (exact) mass is 363 g/mol. The van der Waals surface area contributed by atoms with Gasteiger partial charge in [-0.05, 0) is 6.42 Å². The smallest absolute Gasteiger partial charge is 0.332 e. The van der Waals surface area contributed by atoms with Crippen LogP contribution < -0.4 is 21.9 Å². The molecule has 3 atom stereocenters. The molecule has 1 aliphatic rings. The SMILES string of the molecule is C[C@@H]1C[C@H](C)C[NH+](Cc2nc3c(c(=O)n(C)c(=O)n3C)n2CC(N)=O)C1. The van der Waals surface area contributed by atoms with E-state index in [0.717, 1.165) is 17.7 Å². The number of hydrogen-bond acceptors (Lipinski definition) is 4. The molecule has 2 aromatic heterocycles. The van der Waals surface area contributed by atoms with Crippen molar-refractivity contribution in [2.24, 2.45) is 31.7 Å². The van der Waals surface area contributed by atoms with Gasteiger partial charge in [-0.3, -0.25) is 18.7 Å². The molecule has 0 bridgehead atoms. The molecule has 0 radical (unpaired) electrons. The summed E-state index contributed by atoms with van der Waals surface area (Å²) in [5, 5.41) is 0. The van der Waals surface area contributed by atoms with E-state index in [-0.39, 0.29) is 12.1 Å². The zero-order valence-electron chi connectivity index (χ0n) is 15.8. The Hall–Kier alpha value is -2.42. The normalized spacial score (nSPS) is 23.5. The van der Waals surface area contributed by atoms with Crippen LogP contribution in [-0.4, -0.2) is 37.7 Å². The number of carbonyl (C=O) groups excluding carboxylic acids is 1. The fourth-order valence-electron chi connectivity index (χ4n) is 4.24. The zero-order chi connectivity index (χ0) is 19.2. The molecule has 3 N–H and O–H groups in total. The average molecular weight is 363 g/mol. The van der Waals surface area contributed by atoms with Gasteiger partial charge in [-0.25, -0.2) is 9.78 Å². The summed E-state index contributed by atoms with van der Waals surface area (Å²) >= 11 is 0. The predicted octanol–water partition coefficient (Wildman–Crippen LogP) is -2.02. The van der Waals surface area contributed by atoms with Crippen LogP contribution in [0, 0.1) is 11.8 Å². The standard InChI is InChI=1S/C17H26N6O3/c1-10-5-11(2)7-22(6-10)9-13-19-15-14(23(13)8-12(18)24)16(25)21(4)17(26)20(15)3/h10-11H,5-9H2,1-4H3,(H2,18,24)/p+1/t10-,11+. The minimum Gasteiger partial charge on any atom is -0.368 e. The molecule has 0 spiro atoms. The Balaban J connectivity index is 2.14. The maximum atomic E-state index is 12.6. The van der Waals surface area contributed by atoms with Crippen molar-refractivity contribution in [3.8, 4) is 0 Å². The first-order valence-corrected chi connectivity index (χ1v) is 8.96. The van der Waals surface area contributed by atoms with Crippen molar-refractivity contribution in [1.29, 1.82) is 0 Å². The van der Waals surface area contributed by atoms with Gasteiger partial charge in [-0.15, -0.1) is 0 Å². The van der Waals surface area contributed by atoms with Gasteiger partial charge in [-0.2, -0.15) is 0 Å². The number of nitrogens with zero attached hydrogens (tertiary/aromatic N) is 4. The van der Waals surface area contributed by atoms with Gasteiger partial charge in [0, 0.05) is 25.9 Å². The van der Waals surface area contributed by atoms with Gasteiger partial charge in [0.2, 0.25) is 5.91 Å². The third-order valence-corrected chi connectivity index (χ3v) is 5.23. The number of aromatic nitrogens is 4. The van der Waals surface area contributed by atoms with Crippen LogP contribution in [-0.2, 0) is 32.0 Å². The molecule has 1 saturated heterocycles. The number of likely N-dealkylation sites (tertiary alicyclic amines) is 1. The van der Waals surface area contributed by atoms with Crippen molar-refractivity contribution < 1.29 is 9.69 Å². The number of quaternary nitrogens is 1. The van der Waals surface area contributed by atoms with Crippen molar-refractivity contribution in [2.45, 2.75) is 33.4 Å². The molecule has 3 rings (SSSR count). The lowest BCUT2D eigenvalue weighted by molar-refractivity contribution is -0.926. The summed E-state index contributed by atoms with van der Waals surface area (Å²) in [6, 6.07) is 0. The van der Waals surface area contributed by atoms with Crippen molar-refractivity contribution >= 4 is 17.1 Å². The molecule has 0 aliphatic carbocycles. The van der Waals surface area contributed by atoms with E-state index in [1.54, 1.807) is 11.6 Å². The fourth-order valence-corrected chi connectivity index (χ4v) is 4.24. The molecule has 1 fully saturated rings. The number of piperidine rings is 1. The van der Waals surface area contributed by atoms with E-state index in [2.05, 4.69) is 18.8 Å². The quantitative estimate of drug-likeness (QED) is 0.653. The average Bonchev–Trinajstić information content (AvgIpc) is 2.88. The van der Waals surface area contributed by atoms with Crippen LogP contribution in [0.4, 0.5) is 0 Å². The number of carbonyl (C=O) groups is 1. The molecule has 1 amide bonds. The number of nitrogens with two attached hydrogens (primary N) is 1. The second kappa shape index (κ2) is 6.71. The van der Waals surface area contributed by atoms with E-state index >= 15 is 0 Å². The van der Waals surface area contributed by atoms with Gasteiger partial charge in [0.15, 0.2) is 17.0 Å². The Labute approximate surface area is 151 Å². The summed E-state index contributed by atoms with van der Waals surface area (Å²) in [6.45, 7) is 6.97. The number of hydrogen-bond donors (Lipinski definition) is 2. The molecular weight excluding hydrogens is 336 g/mol. The summed E-state index contributed by atoms with van der Waals surface area (Å²) in [6.07, 6.45) is 1.20. The van der Waals surface area contributed by atoms with Crippen LogP contribution in [0.3, 0.4) is 0 Å². The van der Waals surface area contributed by atoms with E-state index in [9.17, 15) is 14.4 Å². The van der Waals surface area contributed by atoms with Gasteiger partial charge in [0.1, 0.15) is 13.1 Å². The minimum absolute atomic E-state index is 0.127. The molecule has 26 heavy (non-hydrogen) atoms. The van der Waals surface area contributed by atoms with E-state index in [4.69, 9.17) is 5.73 Å². The second-order valence-corrected chi connectivity index (χ2v) is 7.74. The number of rotatable bonds is 4. The van der Waals surface area contributed by atoms with Crippen LogP contribution in [0.2, 0.25) is 0 Å². The van der Waals surface area contributed by atoms with Gasteiger partial charge in [0.05, 0.1) is 13.1 Å². The highest BCUT2D eigenvalue weighted by Crippen LogP contribution is 2.14. The molecule has 9 heteroatoms. The molecule has 0 saturated carbocycles. The second-order valence-electron chi connectivity index (χ2n) is 7.74. The summed E-state index contributed by atoms with van der Waals surface area (Å²) in [5.74, 6) is 1.30. The number of fused-ring (bicyclic) bond motifs is 1. The maximum Gasteiger partial charge on any atom is 0.332 e. The number of imidazole rings is 1. The number of aryl methyl sites for hydroxylation is 1. The third kappa shape index (κ3) is 3.18. The lowest BCUT2D eigenvalue weighted by Gasteiger charge is -2.31. The molecule has 142 valence electrons. The molecule has 9 nitrogen and oxygen atoms in total. The predicted molar refractivity (Wildman–Crippen MR) is 96.8 cm³/mol. The Morgan fingerprint density at radius 1 is 1.19 bits per heavy atom. The van der Waals surface area contributed by atoms with Gasteiger partial charge >= 0.3 is 5.69 Å².